The van der Waals surface area contributed by atoms with E-state index in [9.17, 15) is 4.79 Å². The van der Waals surface area contributed by atoms with Crippen LogP contribution in [-0.2, 0) is 6.54 Å². The Labute approximate surface area is 233 Å². The summed E-state index contributed by atoms with van der Waals surface area (Å²) in [4.78, 5) is 20.4. The highest BCUT2D eigenvalue weighted by Crippen LogP contribution is 2.29. The van der Waals surface area contributed by atoms with Crippen molar-refractivity contribution >= 4 is 43.2 Å². The number of rotatable bonds is 9. The minimum absolute atomic E-state index is 0. The van der Waals surface area contributed by atoms with Gasteiger partial charge in [-0.15, -0.1) is 37.2 Å². The number of benzene rings is 2. The van der Waals surface area contributed by atoms with Gasteiger partial charge < -0.3 is 19.1 Å². The number of likely N-dealkylation sites (tertiary alicyclic amines) is 1. The van der Waals surface area contributed by atoms with E-state index in [-0.39, 0.29) is 37.2 Å². The molecule has 0 spiro atoms. The lowest BCUT2D eigenvalue weighted by atomic mass is 10.1. The zero-order valence-corrected chi connectivity index (χ0v) is 23.5. The maximum atomic E-state index is 12.8. The fourth-order valence-corrected chi connectivity index (χ4v) is 4.56. The standard InChI is InChI=1S/C26H35N3O4.3ClH/c1-31-24-10-9-21(19-25(24)32-2)26(30)33-23-8-4-3-7-22(23)20-29-17-15-28(16-18-29)14-13-27-11-5-6-12-27;;;/h3-4,7-10,19H,5-6,11-18,20H2,1-2H3;3*1H. The number of carbonyl (C=O) groups excluding carboxylic acids is 1. The molecule has 2 heterocycles. The van der Waals surface area contributed by atoms with E-state index in [4.69, 9.17) is 14.2 Å². The van der Waals surface area contributed by atoms with Crippen LogP contribution in [0.4, 0.5) is 0 Å². The average molecular weight is 563 g/mol. The first-order valence-electron chi connectivity index (χ1n) is 11.9. The van der Waals surface area contributed by atoms with Gasteiger partial charge in [-0.25, -0.2) is 4.79 Å². The van der Waals surface area contributed by atoms with Crippen LogP contribution in [0.25, 0.3) is 0 Å². The van der Waals surface area contributed by atoms with Gasteiger partial charge in [0, 0.05) is 51.4 Å². The van der Waals surface area contributed by atoms with Crippen LogP contribution in [0.3, 0.4) is 0 Å². The molecular weight excluding hydrogens is 525 g/mol. The molecular formula is C26H38Cl3N3O4. The highest BCUT2D eigenvalue weighted by Gasteiger charge is 2.21. The number of hydrogen-bond acceptors (Lipinski definition) is 7. The summed E-state index contributed by atoms with van der Waals surface area (Å²) >= 11 is 0. The van der Waals surface area contributed by atoms with E-state index < -0.39 is 5.97 Å². The fourth-order valence-electron chi connectivity index (χ4n) is 4.56. The first kappa shape index (κ1) is 32.3. The second-order valence-corrected chi connectivity index (χ2v) is 8.73. The van der Waals surface area contributed by atoms with Gasteiger partial charge in [0.15, 0.2) is 11.5 Å². The van der Waals surface area contributed by atoms with E-state index in [1.165, 1.54) is 32.5 Å². The monoisotopic (exact) mass is 561 g/mol. The molecule has 7 nitrogen and oxygen atoms in total. The van der Waals surface area contributed by atoms with Crippen LogP contribution in [0.5, 0.6) is 17.2 Å². The molecule has 0 aromatic heterocycles. The third-order valence-electron chi connectivity index (χ3n) is 6.58. The van der Waals surface area contributed by atoms with Gasteiger partial charge >= 0.3 is 5.97 Å². The van der Waals surface area contributed by atoms with Gasteiger partial charge in [-0.2, -0.15) is 0 Å². The molecule has 202 valence electrons. The third kappa shape index (κ3) is 8.68. The number of esters is 1. The third-order valence-corrected chi connectivity index (χ3v) is 6.58. The summed E-state index contributed by atoms with van der Waals surface area (Å²) in [7, 11) is 3.12. The van der Waals surface area contributed by atoms with Crippen molar-refractivity contribution in [3.05, 3.63) is 53.6 Å². The summed E-state index contributed by atoms with van der Waals surface area (Å²) < 4.78 is 16.3. The van der Waals surface area contributed by atoms with Gasteiger partial charge in [-0.1, -0.05) is 18.2 Å². The van der Waals surface area contributed by atoms with Crippen molar-refractivity contribution in [2.24, 2.45) is 0 Å². The molecule has 2 aliphatic heterocycles. The molecule has 2 fully saturated rings. The summed E-state index contributed by atoms with van der Waals surface area (Å²) in [6.07, 6.45) is 2.70. The predicted molar refractivity (Wildman–Crippen MR) is 150 cm³/mol. The van der Waals surface area contributed by atoms with Gasteiger partial charge in [-0.05, 0) is 50.2 Å². The molecule has 2 saturated heterocycles. The number of nitrogens with zero attached hydrogens (tertiary/aromatic N) is 3. The van der Waals surface area contributed by atoms with Crippen LogP contribution in [0.15, 0.2) is 42.5 Å². The molecule has 0 N–H and O–H groups in total. The first-order chi connectivity index (χ1) is 16.2. The predicted octanol–water partition coefficient (Wildman–Crippen LogP) is 4.40. The summed E-state index contributed by atoms with van der Waals surface area (Å²) in [5.41, 5.74) is 1.45. The largest absolute Gasteiger partial charge is 0.493 e. The van der Waals surface area contributed by atoms with E-state index in [1.807, 2.05) is 24.3 Å². The second kappa shape index (κ2) is 16.2. The molecule has 0 aliphatic carbocycles. The minimum Gasteiger partial charge on any atom is -0.493 e. The van der Waals surface area contributed by atoms with E-state index in [0.717, 1.165) is 44.8 Å². The molecule has 0 unspecified atom stereocenters. The minimum atomic E-state index is -0.407. The van der Waals surface area contributed by atoms with Gasteiger partial charge in [0.25, 0.3) is 0 Å². The highest BCUT2D eigenvalue weighted by molar-refractivity contribution is 5.92. The lowest BCUT2D eigenvalue weighted by molar-refractivity contribution is 0.0728. The second-order valence-electron chi connectivity index (χ2n) is 8.73. The normalized spacial score (nSPS) is 16.3. The van der Waals surface area contributed by atoms with Gasteiger partial charge in [-0.3, -0.25) is 9.80 Å². The lowest BCUT2D eigenvalue weighted by Gasteiger charge is -2.35. The molecule has 10 heteroatoms. The number of methoxy groups -OCH3 is 2. The zero-order chi connectivity index (χ0) is 23.0. The maximum absolute atomic E-state index is 12.8. The summed E-state index contributed by atoms with van der Waals surface area (Å²) in [6, 6.07) is 12.8. The smallest absolute Gasteiger partial charge is 0.343 e. The number of carbonyl (C=O) groups is 1. The first-order valence-corrected chi connectivity index (χ1v) is 11.9. The van der Waals surface area contributed by atoms with Crippen LogP contribution in [0.2, 0.25) is 0 Å². The number of piperazine rings is 1. The van der Waals surface area contributed by atoms with Crippen LogP contribution < -0.4 is 14.2 Å². The zero-order valence-electron chi connectivity index (χ0n) is 21.0. The number of halogens is 3. The molecule has 0 radical (unpaired) electrons. The molecule has 0 amide bonds. The number of ether oxygens (including phenoxy) is 3. The van der Waals surface area contributed by atoms with Crippen molar-refractivity contribution in [3.8, 4) is 17.2 Å². The Morgan fingerprint density at radius 2 is 1.31 bits per heavy atom. The summed E-state index contributed by atoms with van der Waals surface area (Å²) in [5, 5.41) is 0. The number of para-hydroxylation sites is 1. The molecule has 2 aromatic rings. The highest BCUT2D eigenvalue weighted by atomic mass is 35.5. The van der Waals surface area contributed by atoms with E-state index in [1.54, 1.807) is 32.4 Å². The Morgan fingerprint density at radius 3 is 1.94 bits per heavy atom. The SMILES string of the molecule is COc1ccc(C(=O)Oc2ccccc2CN2CCN(CCN3CCCC3)CC2)cc1OC.Cl.Cl.Cl. The van der Waals surface area contributed by atoms with Crippen LogP contribution in [0, 0.1) is 0 Å². The van der Waals surface area contributed by atoms with Gasteiger partial charge in [0.1, 0.15) is 5.75 Å². The van der Waals surface area contributed by atoms with Crippen molar-refractivity contribution in [1.82, 2.24) is 14.7 Å². The molecule has 0 bridgehead atoms. The summed E-state index contributed by atoms with van der Waals surface area (Å²) in [6.45, 7) is 9.87. The maximum Gasteiger partial charge on any atom is 0.343 e. The number of hydrogen-bond donors (Lipinski definition) is 0. The van der Waals surface area contributed by atoms with E-state index in [0.29, 0.717) is 22.8 Å². The Bertz CT molecular complexity index is 936. The Morgan fingerprint density at radius 1 is 0.722 bits per heavy atom. The van der Waals surface area contributed by atoms with Gasteiger partial charge in [0.2, 0.25) is 0 Å². The molecule has 4 rings (SSSR count). The Kier molecular flexibility index (Phi) is 14.5. The Balaban J connectivity index is 0.00000216. The van der Waals surface area contributed by atoms with E-state index in [2.05, 4.69) is 14.7 Å². The molecule has 2 aliphatic rings. The van der Waals surface area contributed by atoms with Crippen LogP contribution >= 0.6 is 37.2 Å². The Hall–Kier alpha value is -1.74. The topological polar surface area (TPSA) is 54.5 Å². The van der Waals surface area contributed by atoms with Crippen molar-refractivity contribution in [2.45, 2.75) is 19.4 Å². The van der Waals surface area contributed by atoms with Crippen molar-refractivity contribution < 1.29 is 19.0 Å². The summed E-state index contributed by atoms with van der Waals surface area (Å²) in [5.74, 6) is 1.28. The van der Waals surface area contributed by atoms with Gasteiger partial charge in [0.05, 0.1) is 19.8 Å². The van der Waals surface area contributed by atoms with Crippen molar-refractivity contribution in [1.29, 1.82) is 0 Å². The fraction of sp³-hybridized carbons (Fsp3) is 0.500. The molecule has 0 saturated carbocycles. The molecule has 0 atom stereocenters. The quantitative estimate of drug-likeness (QED) is 0.332. The lowest BCUT2D eigenvalue weighted by Crippen LogP contribution is -2.47. The average Bonchev–Trinajstić information content (AvgIpc) is 3.38. The molecule has 36 heavy (non-hydrogen) atoms. The molecule has 2 aromatic carbocycles. The van der Waals surface area contributed by atoms with Crippen molar-refractivity contribution in [2.75, 3.05) is 66.6 Å². The van der Waals surface area contributed by atoms with E-state index >= 15 is 0 Å². The van der Waals surface area contributed by atoms with Crippen LogP contribution in [-0.4, -0.2) is 87.2 Å². The van der Waals surface area contributed by atoms with Crippen molar-refractivity contribution in [3.63, 3.8) is 0 Å². The van der Waals surface area contributed by atoms with Crippen LogP contribution in [0.1, 0.15) is 28.8 Å².